The summed E-state index contributed by atoms with van der Waals surface area (Å²) in [6.07, 6.45) is 5.00. The Morgan fingerprint density at radius 1 is 0.864 bits per heavy atom. The Labute approximate surface area is 122 Å². The molecule has 0 unspecified atom stereocenters. The average molecular weight is 310 g/mol. The topological polar surface area (TPSA) is 143 Å². The summed E-state index contributed by atoms with van der Waals surface area (Å²) in [5, 5.41) is 32.2. The fourth-order valence-electron chi connectivity index (χ4n) is 1.77. The molecule has 0 spiro atoms. The molecule has 2 heterocycles. The molecule has 0 fully saturated rings. The third kappa shape index (κ3) is 3.36. The number of hydrazine groups is 1. The van der Waals surface area contributed by atoms with Crippen molar-refractivity contribution in [2.45, 2.75) is 13.3 Å². The predicted octanol–water partition coefficient (Wildman–Crippen LogP) is 1.21. The largest absolute Gasteiger partial charge is 0.325 e. The maximum Gasteiger partial charge on any atom is 0.286 e. The Morgan fingerprint density at radius 3 is 1.55 bits per heavy atom. The molecule has 0 aliphatic carbocycles. The van der Waals surface area contributed by atoms with E-state index < -0.39 is 14.9 Å². The van der Waals surface area contributed by atoms with Gasteiger partial charge in [-0.25, -0.2) is 10.1 Å². The van der Waals surface area contributed by atoms with Crippen LogP contribution in [0.3, 0.4) is 0 Å². The van der Waals surface area contributed by atoms with Crippen LogP contribution in [0, 0.1) is 30.3 Å². The lowest BCUT2D eigenvalue weighted by Crippen LogP contribution is -2.33. The van der Waals surface area contributed by atoms with Gasteiger partial charge in [0.05, 0.1) is 22.2 Å². The highest BCUT2D eigenvalue weighted by atomic mass is 16.7. The lowest BCUT2D eigenvalue weighted by molar-refractivity contribution is -0.670. The van der Waals surface area contributed by atoms with E-state index in [1.807, 2.05) is 0 Å². The number of nitrogens with zero attached hydrogens (tertiary/aromatic N) is 6. The summed E-state index contributed by atoms with van der Waals surface area (Å²) in [5.74, 6) is 0. The number of rotatable bonds is 7. The average Bonchev–Trinajstić information content (AvgIpc) is 3.06. The monoisotopic (exact) mass is 310 g/mol. The minimum Gasteiger partial charge on any atom is -0.325 e. The molecule has 22 heavy (non-hydrogen) atoms. The van der Waals surface area contributed by atoms with Gasteiger partial charge in [0, 0.05) is 24.5 Å². The molecule has 0 amide bonds. The molecule has 116 valence electrons. The number of nitro groups is 3. The molecule has 0 aromatic carbocycles. The van der Waals surface area contributed by atoms with Crippen LogP contribution in [0.15, 0.2) is 36.9 Å². The van der Waals surface area contributed by atoms with Crippen molar-refractivity contribution in [3.8, 4) is 0 Å². The summed E-state index contributed by atoms with van der Waals surface area (Å²) in [6, 6.07) is 2.44. The first-order chi connectivity index (χ1) is 10.4. The van der Waals surface area contributed by atoms with Crippen LogP contribution < -0.4 is 0 Å². The van der Waals surface area contributed by atoms with Crippen LogP contribution in [0.4, 0.5) is 11.4 Å². The fourth-order valence-corrected chi connectivity index (χ4v) is 1.77. The zero-order valence-corrected chi connectivity index (χ0v) is 11.0. The molecule has 0 N–H and O–H groups in total. The van der Waals surface area contributed by atoms with Gasteiger partial charge >= 0.3 is 0 Å². The Morgan fingerprint density at radius 2 is 1.27 bits per heavy atom. The highest BCUT2D eigenvalue weighted by Crippen LogP contribution is 2.14. The Bertz CT molecular complexity index is 667. The van der Waals surface area contributed by atoms with E-state index in [0.717, 1.165) is 17.4 Å². The van der Waals surface area contributed by atoms with E-state index in [-0.39, 0.29) is 24.7 Å². The Kier molecular flexibility index (Phi) is 4.01. The normalized spacial score (nSPS) is 10.4. The molecule has 2 rings (SSSR count). The maximum absolute atomic E-state index is 11.0. The molecule has 0 saturated carbocycles. The molecule has 0 aliphatic rings. The minimum atomic E-state index is -0.683. The molecule has 0 saturated heterocycles. The quantitative estimate of drug-likeness (QED) is 0.552. The van der Waals surface area contributed by atoms with Crippen LogP contribution >= 0.6 is 0 Å². The van der Waals surface area contributed by atoms with Gasteiger partial charge in [-0.1, -0.05) is 5.01 Å². The van der Waals surface area contributed by atoms with Crippen molar-refractivity contribution in [1.82, 2.24) is 14.1 Å². The first-order valence-corrected chi connectivity index (χ1v) is 5.86. The third-order valence-corrected chi connectivity index (χ3v) is 2.78. The molecule has 0 bridgehead atoms. The van der Waals surface area contributed by atoms with Crippen molar-refractivity contribution < 1.29 is 14.9 Å². The third-order valence-electron chi connectivity index (χ3n) is 2.78. The van der Waals surface area contributed by atoms with E-state index in [1.165, 1.54) is 33.7 Å². The van der Waals surface area contributed by atoms with E-state index in [2.05, 4.69) is 0 Å². The summed E-state index contributed by atoms with van der Waals surface area (Å²) >= 11 is 0. The Hall–Kier alpha value is -3.44. The van der Waals surface area contributed by atoms with E-state index in [4.69, 9.17) is 0 Å². The molecule has 0 atom stereocenters. The van der Waals surface area contributed by atoms with Gasteiger partial charge in [-0.3, -0.25) is 20.2 Å². The minimum absolute atomic E-state index is 0.181. The lowest BCUT2D eigenvalue weighted by Gasteiger charge is -2.15. The molecular weight excluding hydrogens is 300 g/mol. The smallest absolute Gasteiger partial charge is 0.286 e. The zero-order chi connectivity index (χ0) is 16.3. The number of aromatic nitrogens is 2. The van der Waals surface area contributed by atoms with Crippen LogP contribution in [0.2, 0.25) is 0 Å². The summed E-state index contributed by atoms with van der Waals surface area (Å²) in [7, 11) is 0. The van der Waals surface area contributed by atoms with Gasteiger partial charge < -0.3 is 9.13 Å². The van der Waals surface area contributed by atoms with Crippen molar-refractivity contribution in [2.75, 3.05) is 0 Å². The highest BCUT2D eigenvalue weighted by Gasteiger charge is 2.18. The van der Waals surface area contributed by atoms with Crippen molar-refractivity contribution in [3.05, 3.63) is 67.3 Å². The molecule has 12 nitrogen and oxygen atoms in total. The second-order valence-electron chi connectivity index (χ2n) is 4.31. The maximum atomic E-state index is 11.0. The first-order valence-electron chi connectivity index (χ1n) is 5.86. The van der Waals surface area contributed by atoms with E-state index in [9.17, 15) is 30.3 Å². The zero-order valence-electron chi connectivity index (χ0n) is 11.0. The van der Waals surface area contributed by atoms with E-state index in [0.29, 0.717) is 0 Å². The SMILES string of the molecule is O=[N+]([O-])c1ccn(CN(Cn2ccc([N+](=O)[O-])c2)[N+](=O)[O-])c1. The molecule has 0 aliphatic heterocycles. The molecule has 0 radical (unpaired) electrons. The standard InChI is InChI=1S/C10H10N6O6/c17-14(18)9-1-3-11(5-9)7-13(16(21)22)8-12-4-2-10(6-12)15(19)20/h1-6H,7-8H2. The Balaban J connectivity index is 2.10. The van der Waals surface area contributed by atoms with Gasteiger partial charge in [-0.05, 0) is 0 Å². The fraction of sp³-hybridized carbons (Fsp3) is 0.200. The summed E-state index contributed by atoms with van der Waals surface area (Å²) in [4.78, 5) is 30.9. The van der Waals surface area contributed by atoms with Gasteiger partial charge in [-0.15, -0.1) is 0 Å². The second kappa shape index (κ2) is 5.90. The molecular formula is C10H10N6O6. The van der Waals surface area contributed by atoms with Crippen LogP contribution in [0.5, 0.6) is 0 Å². The molecule has 2 aromatic rings. The van der Waals surface area contributed by atoms with Gasteiger partial charge in [-0.2, -0.15) is 0 Å². The van der Waals surface area contributed by atoms with Gasteiger partial charge in [0.15, 0.2) is 18.4 Å². The molecule has 2 aromatic heterocycles. The molecule has 12 heteroatoms. The van der Waals surface area contributed by atoms with Crippen LogP contribution in [0.1, 0.15) is 0 Å². The van der Waals surface area contributed by atoms with Gasteiger partial charge in [0.25, 0.3) is 11.4 Å². The van der Waals surface area contributed by atoms with Crippen molar-refractivity contribution >= 4 is 11.4 Å². The first kappa shape index (κ1) is 15.0. The summed E-state index contributed by atoms with van der Waals surface area (Å²) < 4.78 is 2.55. The van der Waals surface area contributed by atoms with Crippen molar-refractivity contribution in [3.63, 3.8) is 0 Å². The number of hydrogen-bond donors (Lipinski definition) is 0. The van der Waals surface area contributed by atoms with E-state index in [1.54, 1.807) is 0 Å². The highest BCUT2D eigenvalue weighted by molar-refractivity contribution is 5.26. The summed E-state index contributed by atoms with van der Waals surface area (Å²) in [6.45, 7) is -0.486. The van der Waals surface area contributed by atoms with Crippen molar-refractivity contribution in [2.24, 2.45) is 0 Å². The van der Waals surface area contributed by atoms with E-state index >= 15 is 0 Å². The number of hydrogen-bond acceptors (Lipinski definition) is 6. The lowest BCUT2D eigenvalue weighted by atomic mass is 10.6. The van der Waals surface area contributed by atoms with Crippen LogP contribution in [0.25, 0.3) is 0 Å². The predicted molar refractivity (Wildman–Crippen MR) is 71.0 cm³/mol. The van der Waals surface area contributed by atoms with Crippen LogP contribution in [-0.4, -0.2) is 29.0 Å². The van der Waals surface area contributed by atoms with Crippen LogP contribution in [-0.2, 0) is 13.3 Å². The van der Waals surface area contributed by atoms with Gasteiger partial charge in [0.1, 0.15) is 0 Å². The summed E-state index contributed by atoms with van der Waals surface area (Å²) in [5.41, 5.74) is -0.361. The van der Waals surface area contributed by atoms with Crippen molar-refractivity contribution in [1.29, 1.82) is 0 Å². The van der Waals surface area contributed by atoms with Gasteiger partial charge in [0.2, 0.25) is 0 Å². The second-order valence-corrected chi connectivity index (χ2v) is 4.31.